The summed E-state index contributed by atoms with van der Waals surface area (Å²) in [6.45, 7) is 2.86. The first kappa shape index (κ1) is 15.4. The Morgan fingerprint density at radius 3 is 2.92 bits per heavy atom. The lowest BCUT2D eigenvalue weighted by molar-refractivity contribution is 0.0914. The summed E-state index contributed by atoms with van der Waals surface area (Å²) in [6, 6.07) is 8.14. The number of imidazole rings is 1. The van der Waals surface area contributed by atoms with Gasteiger partial charge >= 0.3 is 0 Å². The molecule has 1 N–H and O–H groups in total. The number of nitrogens with zero attached hydrogens (tertiary/aromatic N) is 2. The highest BCUT2D eigenvalue weighted by Crippen LogP contribution is 2.49. The van der Waals surface area contributed by atoms with Crippen LogP contribution in [0, 0.1) is 17.8 Å². The van der Waals surface area contributed by atoms with Gasteiger partial charge in [-0.2, -0.15) is 0 Å². The van der Waals surface area contributed by atoms with E-state index in [9.17, 15) is 4.79 Å². The summed E-state index contributed by atoms with van der Waals surface area (Å²) in [5.74, 6) is 2.45. The maximum atomic E-state index is 12.8. The van der Waals surface area contributed by atoms with E-state index in [-0.39, 0.29) is 11.9 Å². The van der Waals surface area contributed by atoms with E-state index in [0.29, 0.717) is 12.5 Å². The van der Waals surface area contributed by atoms with Crippen molar-refractivity contribution in [1.29, 1.82) is 0 Å². The van der Waals surface area contributed by atoms with Gasteiger partial charge < -0.3 is 9.88 Å². The van der Waals surface area contributed by atoms with Crippen molar-refractivity contribution >= 4 is 5.91 Å². The van der Waals surface area contributed by atoms with E-state index in [1.54, 1.807) is 12.5 Å². The van der Waals surface area contributed by atoms with Crippen molar-refractivity contribution in [2.24, 2.45) is 17.8 Å². The van der Waals surface area contributed by atoms with Crippen molar-refractivity contribution < 1.29 is 4.79 Å². The summed E-state index contributed by atoms with van der Waals surface area (Å²) >= 11 is 0. The second-order valence-electron chi connectivity index (χ2n) is 7.49. The molecule has 4 unspecified atom stereocenters. The van der Waals surface area contributed by atoms with Crippen LogP contribution in [0.15, 0.2) is 43.0 Å². The molecule has 1 aromatic carbocycles. The number of hydrogen-bond acceptors (Lipinski definition) is 2. The maximum absolute atomic E-state index is 12.8. The van der Waals surface area contributed by atoms with Gasteiger partial charge in [-0.05, 0) is 55.6 Å². The van der Waals surface area contributed by atoms with E-state index in [0.717, 1.165) is 23.0 Å². The average Bonchev–Trinajstić information content (AvgIpc) is 3.33. The molecule has 2 aromatic rings. The van der Waals surface area contributed by atoms with Crippen LogP contribution in [0.3, 0.4) is 0 Å². The van der Waals surface area contributed by atoms with E-state index < -0.39 is 0 Å². The van der Waals surface area contributed by atoms with E-state index >= 15 is 0 Å². The number of rotatable bonds is 5. The van der Waals surface area contributed by atoms with Crippen molar-refractivity contribution in [3.63, 3.8) is 0 Å². The zero-order valence-corrected chi connectivity index (χ0v) is 14.2. The van der Waals surface area contributed by atoms with Crippen LogP contribution >= 0.6 is 0 Å². The van der Waals surface area contributed by atoms with Gasteiger partial charge in [-0.15, -0.1) is 0 Å². The summed E-state index contributed by atoms with van der Waals surface area (Å²) in [4.78, 5) is 16.9. The molecule has 0 saturated heterocycles. The lowest BCUT2D eigenvalue weighted by Crippen LogP contribution is -2.40. The van der Waals surface area contributed by atoms with Gasteiger partial charge in [0, 0.05) is 30.5 Å². The molecule has 4 heteroatoms. The van der Waals surface area contributed by atoms with Crippen molar-refractivity contribution in [2.45, 2.75) is 45.2 Å². The molecule has 24 heavy (non-hydrogen) atoms. The molecule has 2 bridgehead atoms. The van der Waals surface area contributed by atoms with Crippen molar-refractivity contribution in [3.8, 4) is 0 Å². The van der Waals surface area contributed by atoms with Crippen molar-refractivity contribution in [1.82, 2.24) is 14.9 Å². The monoisotopic (exact) mass is 323 g/mol. The van der Waals surface area contributed by atoms with Crippen LogP contribution in [-0.2, 0) is 6.54 Å². The molecule has 1 aromatic heterocycles. The van der Waals surface area contributed by atoms with Crippen LogP contribution < -0.4 is 5.32 Å². The molecule has 2 saturated carbocycles. The molecule has 126 valence electrons. The maximum Gasteiger partial charge on any atom is 0.251 e. The van der Waals surface area contributed by atoms with Crippen LogP contribution in [0.1, 0.15) is 48.5 Å². The molecule has 2 aliphatic rings. The number of amides is 1. The van der Waals surface area contributed by atoms with Gasteiger partial charge in [0.25, 0.3) is 5.91 Å². The van der Waals surface area contributed by atoms with Gasteiger partial charge in [0.1, 0.15) is 0 Å². The summed E-state index contributed by atoms with van der Waals surface area (Å²) in [5, 5.41) is 3.28. The zero-order chi connectivity index (χ0) is 16.5. The standard InChI is InChI=1S/C20H25N3O/c1-14(19-11-15-6-7-16(19)10-15)22-20(24)18-5-3-2-4-17(18)12-23-9-8-21-13-23/h2-5,8-9,13-16,19H,6-7,10-12H2,1H3,(H,22,24). The Balaban J connectivity index is 1.46. The minimum absolute atomic E-state index is 0.0565. The molecule has 4 nitrogen and oxygen atoms in total. The molecule has 2 aliphatic carbocycles. The van der Waals surface area contributed by atoms with Gasteiger partial charge in [0.05, 0.1) is 6.33 Å². The quantitative estimate of drug-likeness (QED) is 0.915. The molecule has 4 rings (SSSR count). The third-order valence-corrected chi connectivity index (χ3v) is 5.97. The van der Waals surface area contributed by atoms with E-state index in [4.69, 9.17) is 0 Å². The van der Waals surface area contributed by atoms with Gasteiger partial charge in [-0.3, -0.25) is 4.79 Å². The number of fused-ring (bicyclic) bond motifs is 2. The minimum atomic E-state index is 0.0565. The summed E-state index contributed by atoms with van der Waals surface area (Å²) in [6.07, 6.45) is 10.9. The third kappa shape index (κ3) is 2.97. The molecular weight excluding hydrogens is 298 g/mol. The van der Waals surface area contributed by atoms with Gasteiger partial charge in [-0.1, -0.05) is 24.6 Å². The Bertz CT molecular complexity index is 709. The molecular formula is C20H25N3O. The summed E-state index contributed by atoms with van der Waals surface area (Å²) < 4.78 is 1.99. The highest BCUT2D eigenvalue weighted by molar-refractivity contribution is 5.95. The summed E-state index contributed by atoms with van der Waals surface area (Å²) in [7, 11) is 0. The number of benzene rings is 1. The lowest BCUT2D eigenvalue weighted by Gasteiger charge is -2.28. The summed E-state index contributed by atoms with van der Waals surface area (Å²) in [5.41, 5.74) is 1.81. The third-order valence-electron chi connectivity index (χ3n) is 5.97. The van der Waals surface area contributed by atoms with E-state index in [2.05, 4.69) is 17.2 Å². The molecule has 0 spiro atoms. The number of hydrogen-bond donors (Lipinski definition) is 1. The predicted octanol–water partition coefficient (Wildman–Crippen LogP) is 3.49. The highest BCUT2D eigenvalue weighted by atomic mass is 16.1. The van der Waals surface area contributed by atoms with Crippen LogP contribution in [0.5, 0.6) is 0 Å². The topological polar surface area (TPSA) is 46.9 Å². The first-order chi connectivity index (χ1) is 11.7. The Kier molecular flexibility index (Phi) is 4.13. The van der Waals surface area contributed by atoms with Gasteiger partial charge in [0.2, 0.25) is 0 Å². The molecule has 1 amide bonds. The Labute approximate surface area is 143 Å². The van der Waals surface area contributed by atoms with Crippen LogP contribution in [0.2, 0.25) is 0 Å². The van der Waals surface area contributed by atoms with Gasteiger partial charge in [0.15, 0.2) is 0 Å². The van der Waals surface area contributed by atoms with Crippen molar-refractivity contribution in [2.75, 3.05) is 0 Å². The Morgan fingerprint density at radius 2 is 2.21 bits per heavy atom. The minimum Gasteiger partial charge on any atom is -0.349 e. The van der Waals surface area contributed by atoms with Crippen LogP contribution in [-0.4, -0.2) is 21.5 Å². The smallest absolute Gasteiger partial charge is 0.251 e. The van der Waals surface area contributed by atoms with Crippen LogP contribution in [0.4, 0.5) is 0 Å². The first-order valence-corrected chi connectivity index (χ1v) is 9.05. The fourth-order valence-corrected chi connectivity index (χ4v) is 4.75. The number of aromatic nitrogens is 2. The lowest BCUT2D eigenvalue weighted by atomic mass is 9.84. The molecule has 0 aliphatic heterocycles. The second kappa shape index (κ2) is 6.42. The molecule has 0 radical (unpaired) electrons. The Hall–Kier alpha value is -2.10. The average molecular weight is 323 g/mol. The van der Waals surface area contributed by atoms with Crippen molar-refractivity contribution in [3.05, 3.63) is 54.1 Å². The molecule has 1 heterocycles. The fourth-order valence-electron chi connectivity index (χ4n) is 4.75. The largest absolute Gasteiger partial charge is 0.349 e. The normalized spacial score (nSPS) is 26.5. The first-order valence-electron chi connectivity index (χ1n) is 9.05. The molecule has 2 fully saturated rings. The van der Waals surface area contributed by atoms with E-state index in [1.165, 1.54) is 25.7 Å². The predicted molar refractivity (Wildman–Crippen MR) is 93.6 cm³/mol. The van der Waals surface area contributed by atoms with E-state index in [1.807, 2.05) is 35.0 Å². The SMILES string of the molecule is CC(NC(=O)c1ccccc1Cn1ccnc1)C1CC2CCC1C2. The second-order valence-corrected chi connectivity index (χ2v) is 7.49. The number of carbonyl (C=O) groups excluding carboxylic acids is 1. The molecule has 4 atom stereocenters. The van der Waals surface area contributed by atoms with Crippen LogP contribution in [0.25, 0.3) is 0 Å². The van der Waals surface area contributed by atoms with Gasteiger partial charge in [-0.25, -0.2) is 4.98 Å². The number of carbonyl (C=O) groups is 1. The Morgan fingerprint density at radius 1 is 1.33 bits per heavy atom. The highest BCUT2D eigenvalue weighted by Gasteiger charge is 2.42. The number of nitrogens with one attached hydrogen (secondary N) is 1. The zero-order valence-electron chi connectivity index (χ0n) is 14.2. The fraction of sp³-hybridized carbons (Fsp3) is 0.500.